The van der Waals surface area contributed by atoms with Crippen molar-refractivity contribution in [2.75, 3.05) is 11.9 Å². The molecule has 0 heterocycles. The van der Waals surface area contributed by atoms with E-state index in [1.807, 2.05) is 31.2 Å². The van der Waals surface area contributed by atoms with E-state index in [0.717, 1.165) is 11.3 Å². The Morgan fingerprint density at radius 1 is 1.05 bits per heavy atom. The number of anilines is 1. The fourth-order valence-corrected chi connectivity index (χ4v) is 2.13. The minimum atomic E-state index is -0.0248. The molecule has 0 aliphatic rings. The highest BCUT2D eigenvalue weighted by Gasteiger charge is 2.08. The second-order valence-corrected chi connectivity index (χ2v) is 5.38. The lowest BCUT2D eigenvalue weighted by Gasteiger charge is -2.15. The van der Waals surface area contributed by atoms with Crippen LogP contribution in [-0.4, -0.2) is 12.5 Å². The van der Waals surface area contributed by atoms with Gasteiger partial charge in [-0.15, -0.1) is 0 Å². The van der Waals surface area contributed by atoms with Crippen molar-refractivity contribution in [2.24, 2.45) is 0 Å². The number of amides is 1. The van der Waals surface area contributed by atoms with Crippen LogP contribution >= 0.6 is 0 Å². The van der Waals surface area contributed by atoms with Crippen molar-refractivity contribution in [2.45, 2.75) is 26.8 Å². The minimum Gasteiger partial charge on any atom is -0.325 e. The second-order valence-electron chi connectivity index (χ2n) is 5.38. The first kappa shape index (κ1) is 15.3. The van der Waals surface area contributed by atoms with E-state index in [1.165, 1.54) is 11.1 Å². The molecule has 3 nitrogen and oxygen atoms in total. The lowest BCUT2D eigenvalue weighted by Crippen LogP contribution is -2.30. The first-order valence-corrected chi connectivity index (χ1v) is 7.21. The maximum atomic E-state index is 12.0. The molecule has 21 heavy (non-hydrogen) atoms. The summed E-state index contributed by atoms with van der Waals surface area (Å²) in [5, 5.41) is 6.17. The molecule has 0 unspecified atom stereocenters. The maximum absolute atomic E-state index is 12.0. The highest BCUT2D eigenvalue weighted by Crippen LogP contribution is 2.14. The molecular formula is C18H22N2O. The average molecular weight is 282 g/mol. The number of hydrogen-bond acceptors (Lipinski definition) is 2. The van der Waals surface area contributed by atoms with Crippen molar-refractivity contribution in [3.8, 4) is 0 Å². The predicted octanol–water partition coefficient (Wildman–Crippen LogP) is 3.59. The van der Waals surface area contributed by atoms with Gasteiger partial charge in [0.05, 0.1) is 6.54 Å². The number of carbonyl (C=O) groups is 1. The Balaban J connectivity index is 1.86. The largest absolute Gasteiger partial charge is 0.325 e. The third-order valence-corrected chi connectivity index (χ3v) is 3.57. The fourth-order valence-electron chi connectivity index (χ4n) is 2.13. The summed E-state index contributed by atoms with van der Waals surface area (Å²) in [4.78, 5) is 12.0. The number of hydrogen-bond donors (Lipinski definition) is 2. The molecule has 0 radical (unpaired) electrons. The van der Waals surface area contributed by atoms with E-state index >= 15 is 0 Å². The summed E-state index contributed by atoms with van der Waals surface area (Å²) in [6, 6.07) is 16.3. The molecule has 3 heteroatoms. The van der Waals surface area contributed by atoms with Crippen LogP contribution in [-0.2, 0) is 4.79 Å². The molecule has 2 N–H and O–H groups in total. The van der Waals surface area contributed by atoms with E-state index in [0.29, 0.717) is 6.54 Å². The van der Waals surface area contributed by atoms with Crippen LogP contribution in [0.1, 0.15) is 29.7 Å². The van der Waals surface area contributed by atoms with Crippen molar-refractivity contribution in [3.63, 3.8) is 0 Å². The predicted molar refractivity (Wildman–Crippen MR) is 87.4 cm³/mol. The highest BCUT2D eigenvalue weighted by molar-refractivity contribution is 5.92. The Kier molecular flexibility index (Phi) is 5.12. The zero-order valence-corrected chi connectivity index (χ0v) is 12.8. The van der Waals surface area contributed by atoms with E-state index in [1.54, 1.807) is 0 Å². The van der Waals surface area contributed by atoms with Gasteiger partial charge in [-0.1, -0.05) is 48.0 Å². The van der Waals surface area contributed by atoms with Gasteiger partial charge < -0.3 is 10.6 Å². The number of nitrogens with one attached hydrogen (secondary N) is 2. The van der Waals surface area contributed by atoms with Crippen molar-refractivity contribution in [3.05, 3.63) is 65.2 Å². The second kappa shape index (κ2) is 7.04. The van der Waals surface area contributed by atoms with Gasteiger partial charge in [-0.05, 0) is 38.0 Å². The smallest absolute Gasteiger partial charge is 0.238 e. The molecule has 2 aromatic rings. The Hall–Kier alpha value is -2.13. The van der Waals surface area contributed by atoms with Gasteiger partial charge in [0, 0.05) is 11.7 Å². The normalized spacial score (nSPS) is 12.0. The van der Waals surface area contributed by atoms with Crippen molar-refractivity contribution in [1.82, 2.24) is 5.32 Å². The van der Waals surface area contributed by atoms with Crippen LogP contribution in [0, 0.1) is 13.8 Å². The Morgan fingerprint density at radius 2 is 1.71 bits per heavy atom. The fraction of sp³-hybridized carbons (Fsp3) is 0.278. The lowest BCUT2D eigenvalue weighted by molar-refractivity contribution is -0.115. The monoisotopic (exact) mass is 282 g/mol. The van der Waals surface area contributed by atoms with Gasteiger partial charge in [0.15, 0.2) is 0 Å². The van der Waals surface area contributed by atoms with Crippen LogP contribution in [0.5, 0.6) is 0 Å². The highest BCUT2D eigenvalue weighted by atomic mass is 16.1. The number of benzene rings is 2. The van der Waals surface area contributed by atoms with Crippen molar-refractivity contribution < 1.29 is 4.79 Å². The molecule has 0 aromatic heterocycles. The van der Waals surface area contributed by atoms with Crippen LogP contribution in [0.15, 0.2) is 48.5 Å². The topological polar surface area (TPSA) is 41.1 Å². The van der Waals surface area contributed by atoms with Crippen LogP contribution in [0.25, 0.3) is 0 Å². The number of rotatable bonds is 5. The molecule has 2 rings (SSSR count). The number of carbonyl (C=O) groups excluding carboxylic acids is 1. The Bertz CT molecular complexity index is 605. The van der Waals surface area contributed by atoms with Crippen LogP contribution in [0.3, 0.4) is 0 Å². The maximum Gasteiger partial charge on any atom is 0.238 e. The van der Waals surface area contributed by atoms with E-state index in [2.05, 4.69) is 48.7 Å². The summed E-state index contributed by atoms with van der Waals surface area (Å²) >= 11 is 0. The molecule has 0 bridgehead atoms. The summed E-state index contributed by atoms with van der Waals surface area (Å²) in [5.41, 5.74) is 4.36. The van der Waals surface area contributed by atoms with Crippen LogP contribution in [0.4, 0.5) is 5.69 Å². The standard InChI is InChI=1S/C18H22N2O/c1-13-8-10-16(11-9-13)15(3)19-12-18(21)20-17-7-5-4-6-14(17)2/h4-11,15,19H,12H2,1-3H3,(H,20,21)/t15-/m1/s1. The molecule has 0 saturated carbocycles. The van der Waals surface area contributed by atoms with E-state index in [4.69, 9.17) is 0 Å². The molecule has 0 spiro atoms. The van der Waals surface area contributed by atoms with Gasteiger partial charge in [-0.3, -0.25) is 4.79 Å². The molecule has 0 aliphatic heterocycles. The molecule has 1 atom stereocenters. The van der Waals surface area contributed by atoms with Crippen LogP contribution < -0.4 is 10.6 Å². The van der Waals surface area contributed by atoms with E-state index < -0.39 is 0 Å². The third kappa shape index (κ3) is 4.43. The van der Waals surface area contributed by atoms with E-state index in [-0.39, 0.29) is 11.9 Å². The lowest BCUT2D eigenvalue weighted by atomic mass is 10.1. The molecule has 1 amide bonds. The molecule has 0 saturated heterocycles. The Labute approximate surface area is 126 Å². The van der Waals surface area contributed by atoms with Gasteiger partial charge in [0.25, 0.3) is 0 Å². The minimum absolute atomic E-state index is 0.0248. The van der Waals surface area contributed by atoms with Crippen LogP contribution in [0.2, 0.25) is 0 Å². The number of para-hydroxylation sites is 1. The quantitative estimate of drug-likeness (QED) is 0.880. The summed E-state index contributed by atoms with van der Waals surface area (Å²) in [7, 11) is 0. The van der Waals surface area contributed by atoms with Gasteiger partial charge >= 0.3 is 0 Å². The molecule has 0 aliphatic carbocycles. The molecule has 0 fully saturated rings. The summed E-state index contributed by atoms with van der Waals surface area (Å²) in [6.07, 6.45) is 0. The third-order valence-electron chi connectivity index (χ3n) is 3.57. The van der Waals surface area contributed by atoms with Gasteiger partial charge in [-0.2, -0.15) is 0 Å². The molecule has 110 valence electrons. The molecular weight excluding hydrogens is 260 g/mol. The van der Waals surface area contributed by atoms with Gasteiger partial charge in [0.2, 0.25) is 5.91 Å². The first-order valence-electron chi connectivity index (χ1n) is 7.21. The number of aryl methyl sites for hydroxylation is 2. The summed E-state index contributed by atoms with van der Waals surface area (Å²) < 4.78 is 0. The average Bonchev–Trinajstić information content (AvgIpc) is 2.48. The summed E-state index contributed by atoms with van der Waals surface area (Å²) in [6.45, 7) is 6.41. The zero-order valence-electron chi connectivity index (χ0n) is 12.8. The SMILES string of the molecule is Cc1ccc([C@@H](C)NCC(=O)Nc2ccccc2C)cc1. The first-order chi connectivity index (χ1) is 10.1. The van der Waals surface area contributed by atoms with Crippen molar-refractivity contribution >= 4 is 11.6 Å². The zero-order chi connectivity index (χ0) is 15.2. The summed E-state index contributed by atoms with van der Waals surface area (Å²) in [5.74, 6) is -0.0248. The van der Waals surface area contributed by atoms with Gasteiger partial charge in [-0.25, -0.2) is 0 Å². The van der Waals surface area contributed by atoms with Gasteiger partial charge in [0.1, 0.15) is 0 Å². The van der Waals surface area contributed by atoms with E-state index in [9.17, 15) is 4.79 Å². The Morgan fingerprint density at radius 3 is 2.38 bits per heavy atom. The van der Waals surface area contributed by atoms with Crippen molar-refractivity contribution in [1.29, 1.82) is 0 Å². The molecule has 2 aromatic carbocycles.